The van der Waals surface area contributed by atoms with Crippen LogP contribution in [0.15, 0.2) is 36.4 Å². The second-order valence-electron chi connectivity index (χ2n) is 5.28. The zero-order chi connectivity index (χ0) is 14.1. The predicted molar refractivity (Wildman–Crippen MR) is 83.9 cm³/mol. The monoisotopic (exact) mass is 287 g/mol. The fraction of sp³-hybridized carbons (Fsp3) is 0.294. The van der Waals surface area contributed by atoms with Crippen molar-refractivity contribution in [2.75, 3.05) is 12.4 Å². The minimum atomic E-state index is 0.332. The van der Waals surface area contributed by atoms with Gasteiger partial charge >= 0.3 is 0 Å². The molecule has 0 aromatic heterocycles. The number of ether oxygens (including phenoxy) is 1. The number of methoxy groups -OCH3 is 1. The van der Waals surface area contributed by atoms with Gasteiger partial charge in [0.25, 0.3) is 0 Å². The van der Waals surface area contributed by atoms with E-state index < -0.39 is 0 Å². The molecule has 0 saturated heterocycles. The normalized spacial score (nSPS) is 16.9. The minimum absolute atomic E-state index is 0.332. The van der Waals surface area contributed by atoms with Gasteiger partial charge in [0.05, 0.1) is 18.8 Å². The number of aryl methyl sites for hydroxylation is 2. The first-order valence-electron chi connectivity index (χ1n) is 6.87. The molecule has 104 valence electrons. The van der Waals surface area contributed by atoms with Crippen LogP contribution in [0.4, 0.5) is 5.69 Å². The minimum Gasteiger partial charge on any atom is -0.495 e. The highest BCUT2D eigenvalue weighted by Crippen LogP contribution is 2.37. The van der Waals surface area contributed by atoms with Gasteiger partial charge in [-0.3, -0.25) is 0 Å². The first kappa shape index (κ1) is 13.3. The number of halogens is 1. The molecular weight excluding hydrogens is 270 g/mol. The fourth-order valence-electron chi connectivity index (χ4n) is 2.84. The maximum atomic E-state index is 6.06. The molecule has 20 heavy (non-hydrogen) atoms. The number of nitrogens with one attached hydrogen (secondary N) is 1. The summed E-state index contributed by atoms with van der Waals surface area (Å²) in [6.45, 7) is 2.07. The number of rotatable bonds is 3. The summed E-state index contributed by atoms with van der Waals surface area (Å²) >= 11 is 6.06. The molecule has 0 saturated carbocycles. The molecule has 2 aromatic rings. The molecule has 0 amide bonds. The van der Waals surface area contributed by atoms with Crippen molar-refractivity contribution in [3.8, 4) is 5.75 Å². The predicted octanol–water partition coefficient (Wildman–Crippen LogP) is 4.76. The van der Waals surface area contributed by atoms with Crippen LogP contribution in [-0.4, -0.2) is 7.11 Å². The maximum Gasteiger partial charge on any atom is 0.142 e. The molecule has 2 nitrogen and oxygen atoms in total. The summed E-state index contributed by atoms with van der Waals surface area (Å²) < 4.78 is 5.46. The third-order valence-corrected chi connectivity index (χ3v) is 4.10. The van der Waals surface area contributed by atoms with E-state index in [1.807, 2.05) is 6.07 Å². The molecule has 1 unspecified atom stereocenters. The molecule has 0 fully saturated rings. The zero-order valence-corrected chi connectivity index (χ0v) is 12.5. The summed E-state index contributed by atoms with van der Waals surface area (Å²) in [4.78, 5) is 0. The van der Waals surface area contributed by atoms with Crippen molar-refractivity contribution in [3.05, 3.63) is 58.1 Å². The largest absolute Gasteiger partial charge is 0.495 e. The lowest BCUT2D eigenvalue weighted by Gasteiger charge is -2.18. The summed E-state index contributed by atoms with van der Waals surface area (Å²) in [5, 5.41) is 4.41. The Morgan fingerprint density at radius 2 is 2.05 bits per heavy atom. The van der Waals surface area contributed by atoms with Gasteiger partial charge < -0.3 is 10.1 Å². The van der Waals surface area contributed by atoms with E-state index in [0.29, 0.717) is 6.04 Å². The van der Waals surface area contributed by atoms with Crippen LogP contribution in [0.2, 0.25) is 5.02 Å². The summed E-state index contributed by atoms with van der Waals surface area (Å²) in [5.74, 6) is 0.896. The van der Waals surface area contributed by atoms with Crippen molar-refractivity contribution in [2.24, 2.45) is 0 Å². The van der Waals surface area contributed by atoms with Crippen LogP contribution in [-0.2, 0) is 6.42 Å². The van der Waals surface area contributed by atoms with Gasteiger partial charge in [-0.05, 0) is 60.7 Å². The molecular formula is C17H18ClNO. The lowest BCUT2D eigenvalue weighted by Crippen LogP contribution is -2.08. The lowest BCUT2D eigenvalue weighted by atomic mass is 10.1. The van der Waals surface area contributed by atoms with E-state index in [1.165, 1.54) is 16.7 Å². The van der Waals surface area contributed by atoms with Crippen LogP contribution in [0, 0.1) is 6.92 Å². The second kappa shape index (κ2) is 5.37. The van der Waals surface area contributed by atoms with Crippen LogP contribution in [0.5, 0.6) is 5.75 Å². The topological polar surface area (TPSA) is 21.3 Å². The van der Waals surface area contributed by atoms with Crippen molar-refractivity contribution < 1.29 is 4.74 Å². The van der Waals surface area contributed by atoms with Gasteiger partial charge in [0.2, 0.25) is 0 Å². The highest BCUT2D eigenvalue weighted by atomic mass is 35.5. The van der Waals surface area contributed by atoms with Crippen LogP contribution >= 0.6 is 11.6 Å². The molecule has 1 aliphatic rings. The Hall–Kier alpha value is -1.67. The molecule has 3 heteroatoms. The lowest BCUT2D eigenvalue weighted by molar-refractivity contribution is 0.415. The molecule has 0 heterocycles. The number of anilines is 1. The molecule has 0 radical (unpaired) electrons. The SMILES string of the molecule is COc1cc(C)ccc1NC1CCc2cc(Cl)ccc21. The Balaban J connectivity index is 1.87. The van der Waals surface area contributed by atoms with Crippen LogP contribution in [0.3, 0.4) is 0 Å². The summed E-state index contributed by atoms with van der Waals surface area (Å²) in [6.07, 6.45) is 2.16. The third kappa shape index (κ3) is 2.48. The van der Waals surface area contributed by atoms with Crippen LogP contribution < -0.4 is 10.1 Å². The van der Waals surface area contributed by atoms with Crippen molar-refractivity contribution in [1.82, 2.24) is 0 Å². The number of benzene rings is 2. The first-order chi connectivity index (χ1) is 9.67. The van der Waals surface area contributed by atoms with E-state index in [-0.39, 0.29) is 0 Å². The standard InChI is InChI=1S/C17H18ClNO/c1-11-3-7-16(17(9-11)20-2)19-15-8-4-12-10-13(18)5-6-14(12)15/h3,5-7,9-10,15,19H,4,8H2,1-2H3. The molecule has 0 spiro atoms. The van der Waals surface area contributed by atoms with E-state index >= 15 is 0 Å². The van der Waals surface area contributed by atoms with Gasteiger partial charge in [-0.1, -0.05) is 23.7 Å². The Labute approximate surface area is 124 Å². The van der Waals surface area contributed by atoms with E-state index in [9.17, 15) is 0 Å². The molecule has 1 N–H and O–H groups in total. The van der Waals surface area contributed by atoms with Crippen molar-refractivity contribution >= 4 is 17.3 Å². The van der Waals surface area contributed by atoms with E-state index in [2.05, 4.69) is 42.6 Å². The fourth-order valence-corrected chi connectivity index (χ4v) is 3.04. The zero-order valence-electron chi connectivity index (χ0n) is 11.7. The van der Waals surface area contributed by atoms with Gasteiger partial charge in [-0.2, -0.15) is 0 Å². The summed E-state index contributed by atoms with van der Waals surface area (Å²) in [5.41, 5.74) is 4.94. The van der Waals surface area contributed by atoms with Gasteiger partial charge in [-0.25, -0.2) is 0 Å². The number of hydrogen-bond donors (Lipinski definition) is 1. The maximum absolute atomic E-state index is 6.06. The quantitative estimate of drug-likeness (QED) is 0.879. The number of hydrogen-bond acceptors (Lipinski definition) is 2. The molecule has 1 atom stereocenters. The molecule has 2 aromatic carbocycles. The smallest absolute Gasteiger partial charge is 0.142 e. The van der Waals surface area contributed by atoms with Crippen LogP contribution in [0.25, 0.3) is 0 Å². The average Bonchev–Trinajstić information content (AvgIpc) is 2.83. The Morgan fingerprint density at radius 3 is 2.85 bits per heavy atom. The third-order valence-electron chi connectivity index (χ3n) is 3.87. The average molecular weight is 288 g/mol. The molecule has 0 aliphatic heterocycles. The van der Waals surface area contributed by atoms with Crippen LogP contribution in [0.1, 0.15) is 29.2 Å². The molecule has 1 aliphatic carbocycles. The number of fused-ring (bicyclic) bond motifs is 1. The molecule has 0 bridgehead atoms. The Kier molecular flexibility index (Phi) is 3.58. The summed E-state index contributed by atoms with van der Waals surface area (Å²) in [7, 11) is 1.71. The van der Waals surface area contributed by atoms with E-state index in [4.69, 9.17) is 16.3 Å². The van der Waals surface area contributed by atoms with Gasteiger partial charge in [0.1, 0.15) is 5.75 Å². The van der Waals surface area contributed by atoms with Gasteiger partial charge in [-0.15, -0.1) is 0 Å². The first-order valence-corrected chi connectivity index (χ1v) is 7.24. The molecule has 3 rings (SSSR count). The van der Waals surface area contributed by atoms with Gasteiger partial charge in [0, 0.05) is 5.02 Å². The highest BCUT2D eigenvalue weighted by Gasteiger charge is 2.23. The van der Waals surface area contributed by atoms with E-state index in [1.54, 1.807) is 7.11 Å². The van der Waals surface area contributed by atoms with Gasteiger partial charge in [0.15, 0.2) is 0 Å². The highest BCUT2D eigenvalue weighted by molar-refractivity contribution is 6.30. The van der Waals surface area contributed by atoms with Crippen molar-refractivity contribution in [2.45, 2.75) is 25.8 Å². The van der Waals surface area contributed by atoms with Crippen molar-refractivity contribution in [1.29, 1.82) is 0 Å². The summed E-state index contributed by atoms with van der Waals surface area (Å²) in [6, 6.07) is 12.7. The van der Waals surface area contributed by atoms with Crippen molar-refractivity contribution in [3.63, 3.8) is 0 Å². The Bertz CT molecular complexity index is 639. The second-order valence-corrected chi connectivity index (χ2v) is 5.72. The Morgan fingerprint density at radius 1 is 1.20 bits per heavy atom. The van der Waals surface area contributed by atoms with E-state index in [0.717, 1.165) is 29.3 Å².